The second kappa shape index (κ2) is 15.3. The fourth-order valence-electron chi connectivity index (χ4n) is 4.38. The molecule has 2 heterocycles. The van der Waals surface area contributed by atoms with Crippen LogP contribution in [0.15, 0.2) is 48.7 Å². The third-order valence-corrected chi connectivity index (χ3v) is 6.80. The maximum atomic E-state index is 13.7. The maximum absolute atomic E-state index is 13.7. The first-order valence-electron chi connectivity index (χ1n) is 13.6. The van der Waals surface area contributed by atoms with E-state index in [1.54, 1.807) is 18.2 Å². The van der Waals surface area contributed by atoms with Crippen LogP contribution in [0.4, 0.5) is 21.5 Å². The number of pyridine rings is 1. The van der Waals surface area contributed by atoms with E-state index < -0.39 is 5.82 Å². The minimum atomic E-state index is -0.554. The van der Waals surface area contributed by atoms with E-state index in [2.05, 4.69) is 27.0 Å². The zero-order valence-electron chi connectivity index (χ0n) is 22.6. The van der Waals surface area contributed by atoms with Gasteiger partial charge >= 0.3 is 0 Å². The van der Waals surface area contributed by atoms with Gasteiger partial charge in [0.2, 0.25) is 5.91 Å². The van der Waals surface area contributed by atoms with Crippen molar-refractivity contribution in [1.82, 2.24) is 10.3 Å². The number of unbranched alkanes of at least 4 members (excludes halogenated alkanes) is 3. The number of aliphatic hydroxyl groups is 1. The Labute approximate surface area is 243 Å². The number of nitrogens with zero attached hydrogens (tertiary/aromatic N) is 2. The Hall–Kier alpha value is -3.75. The number of aliphatic hydroxyl groups excluding tert-OH is 1. The molecule has 3 aromatic rings. The summed E-state index contributed by atoms with van der Waals surface area (Å²) < 4.78 is 25.4. The summed E-state index contributed by atoms with van der Waals surface area (Å²) in [6, 6.07) is 9.74. The van der Waals surface area contributed by atoms with Gasteiger partial charge in [0.15, 0.2) is 0 Å². The smallest absolute Gasteiger partial charge is 0.248 e. The number of hydrogen-bond acceptors (Lipinski definition) is 8. The van der Waals surface area contributed by atoms with Crippen LogP contribution in [-0.4, -0.2) is 55.0 Å². The summed E-state index contributed by atoms with van der Waals surface area (Å²) in [5.74, 6) is -0.462. The van der Waals surface area contributed by atoms with Crippen molar-refractivity contribution in [3.05, 3.63) is 65.1 Å². The minimum absolute atomic E-state index is 0.0581. The van der Waals surface area contributed by atoms with Crippen LogP contribution in [0, 0.1) is 17.1 Å². The van der Waals surface area contributed by atoms with E-state index in [-0.39, 0.29) is 29.2 Å². The van der Waals surface area contributed by atoms with Crippen LogP contribution in [0.1, 0.15) is 37.7 Å². The summed E-state index contributed by atoms with van der Waals surface area (Å²) >= 11 is 5.97. The summed E-state index contributed by atoms with van der Waals surface area (Å²) in [6.45, 7) is 2.62. The van der Waals surface area contributed by atoms with Crippen molar-refractivity contribution in [3.8, 4) is 11.8 Å². The highest BCUT2D eigenvalue weighted by atomic mass is 35.5. The Balaban J connectivity index is 1.56. The number of rotatable bonds is 14. The third-order valence-electron chi connectivity index (χ3n) is 6.51. The van der Waals surface area contributed by atoms with E-state index in [9.17, 15) is 14.4 Å². The van der Waals surface area contributed by atoms with Gasteiger partial charge in [0.1, 0.15) is 23.7 Å². The number of carbonyl (C=O) groups excluding carboxylic acids is 1. The summed E-state index contributed by atoms with van der Waals surface area (Å²) in [5.41, 5.74) is 2.12. The van der Waals surface area contributed by atoms with Crippen molar-refractivity contribution >= 4 is 45.5 Å². The molecule has 1 aliphatic heterocycles. The molecule has 0 radical (unpaired) electrons. The number of aromatic nitrogens is 1. The normalized spacial score (nSPS) is 14.8. The molecule has 0 aliphatic carbocycles. The van der Waals surface area contributed by atoms with Gasteiger partial charge in [-0.25, -0.2) is 4.39 Å². The van der Waals surface area contributed by atoms with Crippen LogP contribution in [0.5, 0.6) is 5.75 Å². The lowest BCUT2D eigenvalue weighted by Gasteiger charge is -2.18. The Morgan fingerprint density at radius 3 is 2.88 bits per heavy atom. The molecule has 4 rings (SSSR count). The topological polar surface area (TPSA) is 129 Å². The first kappa shape index (κ1) is 30.2. The van der Waals surface area contributed by atoms with Crippen LogP contribution >= 0.6 is 11.6 Å². The number of anilines is 3. The van der Waals surface area contributed by atoms with Crippen molar-refractivity contribution in [2.75, 3.05) is 43.5 Å². The van der Waals surface area contributed by atoms with Crippen molar-refractivity contribution in [2.24, 2.45) is 0 Å². The molecule has 1 saturated heterocycles. The molecule has 9 nitrogen and oxygen atoms in total. The number of nitrogens with one attached hydrogen (secondary N) is 3. The zero-order valence-corrected chi connectivity index (χ0v) is 23.3. The summed E-state index contributed by atoms with van der Waals surface area (Å²) in [5, 5.41) is 28.4. The van der Waals surface area contributed by atoms with Crippen LogP contribution in [0.2, 0.25) is 5.02 Å². The molecular weight excluding hydrogens is 549 g/mol. The SMILES string of the molecule is N#Cc1cnc2cc(OC3CCOC3)c(NC(=O)/C=C/CNCCCCCCO)cc2c1Nc1ccc(F)c(Cl)c1. The lowest BCUT2D eigenvalue weighted by Crippen LogP contribution is -2.18. The fourth-order valence-corrected chi connectivity index (χ4v) is 4.56. The number of ether oxygens (including phenoxy) is 2. The van der Waals surface area contributed by atoms with Crippen molar-refractivity contribution in [2.45, 2.75) is 38.2 Å². The van der Waals surface area contributed by atoms with E-state index in [4.69, 9.17) is 26.2 Å². The standard InChI is InChI=1S/C30H33ClFN5O4/c31-24-14-21(7-8-25(24)32)36-30-20(17-33)18-35-26-16-28(41-22-9-13-40-19-22)27(15-23(26)30)37-29(39)6-5-11-34-10-3-1-2-4-12-38/h5-8,14-16,18,22,34,38H,1-4,9-13,19H2,(H,35,36)(H,37,39)/b6-5+. The second-order valence-corrected chi connectivity index (χ2v) is 10.0. The second-order valence-electron chi connectivity index (χ2n) is 9.62. The lowest BCUT2D eigenvalue weighted by atomic mass is 10.1. The summed E-state index contributed by atoms with van der Waals surface area (Å²) in [6.07, 6.45) is 9.06. The van der Waals surface area contributed by atoms with E-state index in [0.29, 0.717) is 53.5 Å². The van der Waals surface area contributed by atoms with E-state index in [1.165, 1.54) is 30.5 Å². The Morgan fingerprint density at radius 2 is 2.12 bits per heavy atom. The largest absolute Gasteiger partial charge is 0.486 e. The average molecular weight is 582 g/mol. The predicted molar refractivity (Wildman–Crippen MR) is 157 cm³/mol. The average Bonchev–Trinajstić information content (AvgIpc) is 3.48. The first-order valence-corrected chi connectivity index (χ1v) is 14.0. The molecule has 0 saturated carbocycles. The molecule has 41 heavy (non-hydrogen) atoms. The highest BCUT2D eigenvalue weighted by Crippen LogP contribution is 2.37. The van der Waals surface area contributed by atoms with Crippen LogP contribution in [0.25, 0.3) is 10.9 Å². The molecule has 2 aromatic carbocycles. The van der Waals surface area contributed by atoms with Gasteiger partial charge in [0.05, 0.1) is 40.7 Å². The molecule has 1 aliphatic rings. The number of fused-ring (bicyclic) bond motifs is 1. The van der Waals surface area contributed by atoms with Crippen molar-refractivity contribution in [1.29, 1.82) is 5.26 Å². The Morgan fingerprint density at radius 1 is 1.27 bits per heavy atom. The minimum Gasteiger partial charge on any atom is -0.486 e. The number of amides is 1. The van der Waals surface area contributed by atoms with Gasteiger partial charge in [-0.2, -0.15) is 5.26 Å². The van der Waals surface area contributed by atoms with E-state index in [1.807, 2.05) is 0 Å². The molecule has 1 unspecified atom stereocenters. The molecule has 1 atom stereocenters. The summed E-state index contributed by atoms with van der Waals surface area (Å²) in [7, 11) is 0. The zero-order chi connectivity index (χ0) is 29.0. The van der Waals surface area contributed by atoms with Crippen molar-refractivity contribution < 1.29 is 23.8 Å². The van der Waals surface area contributed by atoms with Gasteiger partial charge in [-0.05, 0) is 43.7 Å². The van der Waals surface area contributed by atoms with Gasteiger partial charge < -0.3 is 30.5 Å². The highest BCUT2D eigenvalue weighted by Gasteiger charge is 2.21. The monoisotopic (exact) mass is 581 g/mol. The molecule has 4 N–H and O–H groups in total. The van der Waals surface area contributed by atoms with Gasteiger partial charge in [-0.15, -0.1) is 0 Å². The quantitative estimate of drug-likeness (QED) is 0.146. The molecule has 0 bridgehead atoms. The molecule has 1 aromatic heterocycles. The Kier molecular flexibility index (Phi) is 11.3. The Bertz CT molecular complexity index is 1420. The fraction of sp³-hybridized carbons (Fsp3) is 0.367. The maximum Gasteiger partial charge on any atom is 0.248 e. The number of hydrogen-bond donors (Lipinski definition) is 4. The van der Waals surface area contributed by atoms with Crippen molar-refractivity contribution in [3.63, 3.8) is 0 Å². The molecule has 11 heteroatoms. The molecule has 1 fully saturated rings. The molecule has 1 amide bonds. The van der Waals surface area contributed by atoms with Gasteiger partial charge in [0.25, 0.3) is 0 Å². The molecular formula is C30H33ClFN5O4. The van der Waals surface area contributed by atoms with E-state index in [0.717, 1.165) is 38.6 Å². The number of carbonyl (C=O) groups is 1. The predicted octanol–water partition coefficient (Wildman–Crippen LogP) is 5.45. The van der Waals surface area contributed by atoms with Gasteiger partial charge in [0, 0.05) is 49.0 Å². The third kappa shape index (κ3) is 8.62. The summed E-state index contributed by atoms with van der Waals surface area (Å²) in [4.78, 5) is 17.3. The molecule has 216 valence electrons. The lowest BCUT2D eigenvalue weighted by molar-refractivity contribution is -0.111. The highest BCUT2D eigenvalue weighted by molar-refractivity contribution is 6.31. The van der Waals surface area contributed by atoms with Gasteiger partial charge in [-0.1, -0.05) is 30.5 Å². The first-order chi connectivity index (χ1) is 20.0. The number of halogens is 2. The number of nitriles is 1. The van der Waals surface area contributed by atoms with Crippen LogP contribution < -0.4 is 20.7 Å². The van der Waals surface area contributed by atoms with Crippen LogP contribution in [-0.2, 0) is 9.53 Å². The van der Waals surface area contributed by atoms with Gasteiger partial charge in [-0.3, -0.25) is 9.78 Å². The van der Waals surface area contributed by atoms with E-state index >= 15 is 0 Å². The van der Waals surface area contributed by atoms with Crippen LogP contribution in [0.3, 0.4) is 0 Å². The number of benzene rings is 2. The molecule has 0 spiro atoms.